The number of alkyl halides is 3. The van der Waals surface area contributed by atoms with E-state index in [1.54, 1.807) is 0 Å². The zero-order valence-electron chi connectivity index (χ0n) is 14.4. The first kappa shape index (κ1) is 19.3. The van der Waals surface area contributed by atoms with Gasteiger partial charge in [0.25, 0.3) is 5.56 Å². The number of aromatic nitrogens is 2. The topological polar surface area (TPSA) is 78.1 Å². The van der Waals surface area contributed by atoms with Crippen molar-refractivity contribution in [3.63, 3.8) is 0 Å². The Bertz CT molecular complexity index is 672. The van der Waals surface area contributed by atoms with Crippen LogP contribution in [0.1, 0.15) is 43.5 Å². The fourth-order valence-corrected chi connectivity index (χ4v) is 3.17. The standard InChI is InChI=1S/C16H23F3N4O2/c1-3-11-12(14(24)22-21-13(11)4-2)8-20-15(25)23-7-5-6-10(9-23)16(17,18)19/h10H,3-9H2,1-2H3,(H,20,25)(H,22,24). The van der Waals surface area contributed by atoms with E-state index in [2.05, 4.69) is 15.5 Å². The number of amides is 2. The molecule has 9 heteroatoms. The number of aromatic amines is 1. The third-order valence-electron chi connectivity index (χ3n) is 4.56. The first-order valence-electron chi connectivity index (χ1n) is 8.46. The van der Waals surface area contributed by atoms with Gasteiger partial charge in [0.2, 0.25) is 0 Å². The van der Waals surface area contributed by atoms with Gasteiger partial charge in [-0.25, -0.2) is 9.89 Å². The average Bonchev–Trinajstić information content (AvgIpc) is 2.59. The lowest BCUT2D eigenvalue weighted by atomic mass is 9.98. The predicted molar refractivity (Wildman–Crippen MR) is 86.2 cm³/mol. The van der Waals surface area contributed by atoms with Crippen LogP contribution >= 0.6 is 0 Å². The minimum atomic E-state index is -4.30. The molecule has 1 unspecified atom stereocenters. The molecule has 0 radical (unpaired) electrons. The Morgan fingerprint density at radius 3 is 2.64 bits per heavy atom. The zero-order chi connectivity index (χ0) is 18.6. The van der Waals surface area contributed by atoms with Crippen molar-refractivity contribution in [2.75, 3.05) is 13.1 Å². The zero-order valence-corrected chi connectivity index (χ0v) is 14.4. The summed E-state index contributed by atoms with van der Waals surface area (Å²) in [5, 5.41) is 8.98. The second kappa shape index (κ2) is 7.88. The van der Waals surface area contributed by atoms with Crippen LogP contribution < -0.4 is 10.9 Å². The van der Waals surface area contributed by atoms with Crippen molar-refractivity contribution in [1.82, 2.24) is 20.4 Å². The Labute approximate surface area is 143 Å². The maximum absolute atomic E-state index is 12.9. The Balaban J connectivity index is 2.06. The molecule has 6 nitrogen and oxygen atoms in total. The Hall–Kier alpha value is -2.06. The quantitative estimate of drug-likeness (QED) is 0.865. The predicted octanol–water partition coefficient (Wildman–Crippen LogP) is 2.38. The number of aryl methyl sites for hydroxylation is 1. The fourth-order valence-electron chi connectivity index (χ4n) is 3.17. The summed E-state index contributed by atoms with van der Waals surface area (Å²) in [6.07, 6.45) is -2.72. The molecule has 140 valence electrons. The summed E-state index contributed by atoms with van der Waals surface area (Å²) < 4.78 is 38.6. The molecule has 1 aliphatic rings. The molecule has 2 N–H and O–H groups in total. The van der Waals surface area contributed by atoms with Gasteiger partial charge in [-0.1, -0.05) is 13.8 Å². The number of carbonyl (C=O) groups is 1. The molecule has 1 aromatic rings. The first-order valence-corrected chi connectivity index (χ1v) is 8.46. The summed E-state index contributed by atoms with van der Waals surface area (Å²) >= 11 is 0. The summed E-state index contributed by atoms with van der Waals surface area (Å²) in [4.78, 5) is 25.4. The number of hydrogen-bond acceptors (Lipinski definition) is 3. The van der Waals surface area contributed by atoms with Gasteiger partial charge in [-0.3, -0.25) is 4.79 Å². The average molecular weight is 360 g/mol. The molecular weight excluding hydrogens is 337 g/mol. The van der Waals surface area contributed by atoms with Gasteiger partial charge in [0.1, 0.15) is 0 Å². The molecule has 0 saturated carbocycles. The highest BCUT2D eigenvalue weighted by Gasteiger charge is 2.42. The number of nitrogens with one attached hydrogen (secondary N) is 2. The van der Waals surface area contributed by atoms with Crippen molar-refractivity contribution in [2.24, 2.45) is 5.92 Å². The molecular formula is C16H23F3N4O2. The highest BCUT2D eigenvalue weighted by molar-refractivity contribution is 5.74. The van der Waals surface area contributed by atoms with Crippen molar-refractivity contribution in [3.8, 4) is 0 Å². The van der Waals surface area contributed by atoms with Crippen molar-refractivity contribution >= 4 is 6.03 Å². The lowest BCUT2D eigenvalue weighted by molar-refractivity contribution is -0.184. The van der Waals surface area contributed by atoms with Crippen molar-refractivity contribution in [1.29, 1.82) is 0 Å². The van der Waals surface area contributed by atoms with Gasteiger partial charge >= 0.3 is 12.2 Å². The number of rotatable bonds is 4. The number of H-pyrrole nitrogens is 1. The number of likely N-dealkylation sites (tertiary alicyclic amines) is 1. The number of carbonyl (C=O) groups excluding carboxylic acids is 1. The van der Waals surface area contributed by atoms with Gasteiger partial charge in [0.05, 0.1) is 18.2 Å². The second-order valence-corrected chi connectivity index (χ2v) is 6.15. The van der Waals surface area contributed by atoms with Crippen LogP contribution in [0.3, 0.4) is 0 Å². The summed E-state index contributed by atoms with van der Waals surface area (Å²) in [5.74, 6) is -1.49. The van der Waals surface area contributed by atoms with Gasteiger partial charge in [-0.2, -0.15) is 18.3 Å². The number of halogens is 3. The molecule has 0 aliphatic carbocycles. The molecule has 2 rings (SSSR count). The van der Waals surface area contributed by atoms with Crippen molar-refractivity contribution in [3.05, 3.63) is 27.2 Å². The van der Waals surface area contributed by atoms with Crippen LogP contribution in [0.4, 0.5) is 18.0 Å². The number of urea groups is 1. The number of hydrogen-bond donors (Lipinski definition) is 2. The molecule has 1 saturated heterocycles. The smallest absolute Gasteiger partial charge is 0.334 e. The van der Waals surface area contributed by atoms with Gasteiger partial charge in [-0.05, 0) is 31.2 Å². The van der Waals surface area contributed by atoms with E-state index in [4.69, 9.17) is 0 Å². The van der Waals surface area contributed by atoms with Gasteiger partial charge in [0, 0.05) is 18.7 Å². The van der Waals surface area contributed by atoms with Gasteiger partial charge in [-0.15, -0.1) is 0 Å². The molecule has 0 aromatic carbocycles. The van der Waals surface area contributed by atoms with Crippen molar-refractivity contribution in [2.45, 2.75) is 52.3 Å². The largest absolute Gasteiger partial charge is 0.393 e. The van der Waals surface area contributed by atoms with E-state index in [9.17, 15) is 22.8 Å². The van der Waals surface area contributed by atoms with Crippen LogP contribution in [0.5, 0.6) is 0 Å². The van der Waals surface area contributed by atoms with E-state index < -0.39 is 18.1 Å². The maximum Gasteiger partial charge on any atom is 0.393 e. The van der Waals surface area contributed by atoms with E-state index >= 15 is 0 Å². The molecule has 1 atom stereocenters. The third-order valence-corrected chi connectivity index (χ3v) is 4.56. The molecule has 0 bridgehead atoms. The molecule has 0 spiro atoms. The molecule has 1 aliphatic heterocycles. The molecule has 1 aromatic heterocycles. The highest BCUT2D eigenvalue weighted by Crippen LogP contribution is 2.33. The lowest BCUT2D eigenvalue weighted by Gasteiger charge is -2.33. The van der Waals surface area contributed by atoms with Crippen LogP contribution in [0.25, 0.3) is 0 Å². The van der Waals surface area contributed by atoms with Crippen LogP contribution in [-0.4, -0.2) is 40.4 Å². The molecule has 2 amide bonds. The van der Waals surface area contributed by atoms with E-state index in [0.29, 0.717) is 24.8 Å². The number of nitrogens with zero attached hydrogens (tertiary/aromatic N) is 2. The molecule has 25 heavy (non-hydrogen) atoms. The third kappa shape index (κ3) is 4.52. The Morgan fingerprint density at radius 2 is 2.04 bits per heavy atom. The Morgan fingerprint density at radius 1 is 1.32 bits per heavy atom. The van der Waals surface area contributed by atoms with Crippen LogP contribution in [0.15, 0.2) is 4.79 Å². The molecule has 2 heterocycles. The van der Waals surface area contributed by atoms with Crippen LogP contribution in [0, 0.1) is 5.92 Å². The summed E-state index contributed by atoms with van der Waals surface area (Å²) in [6.45, 7) is 3.71. The van der Waals surface area contributed by atoms with Gasteiger partial charge in [0.15, 0.2) is 0 Å². The number of piperidine rings is 1. The summed E-state index contributed by atoms with van der Waals surface area (Å²) in [6, 6.07) is -0.578. The summed E-state index contributed by atoms with van der Waals surface area (Å²) in [5.41, 5.74) is 1.55. The molecule has 1 fully saturated rings. The van der Waals surface area contributed by atoms with E-state index in [-0.39, 0.29) is 31.6 Å². The summed E-state index contributed by atoms with van der Waals surface area (Å²) in [7, 11) is 0. The van der Waals surface area contributed by atoms with E-state index in [1.807, 2.05) is 13.8 Å². The van der Waals surface area contributed by atoms with E-state index in [0.717, 1.165) is 11.3 Å². The normalized spacial score (nSPS) is 18.3. The van der Waals surface area contributed by atoms with E-state index in [1.165, 1.54) is 4.90 Å². The highest BCUT2D eigenvalue weighted by atomic mass is 19.4. The monoisotopic (exact) mass is 360 g/mol. The van der Waals surface area contributed by atoms with Crippen molar-refractivity contribution < 1.29 is 18.0 Å². The lowest BCUT2D eigenvalue weighted by Crippen LogP contribution is -2.48. The van der Waals surface area contributed by atoms with Crippen LogP contribution in [-0.2, 0) is 19.4 Å². The maximum atomic E-state index is 12.9. The SMILES string of the molecule is CCc1n[nH]c(=O)c(CNC(=O)N2CCCC(C(F)(F)F)C2)c1CC. The first-order chi connectivity index (χ1) is 11.8. The second-order valence-electron chi connectivity index (χ2n) is 6.15. The van der Waals surface area contributed by atoms with Gasteiger partial charge < -0.3 is 10.2 Å². The fraction of sp³-hybridized carbons (Fsp3) is 0.688. The Kier molecular flexibility index (Phi) is 6.07. The van der Waals surface area contributed by atoms with Crippen LogP contribution in [0.2, 0.25) is 0 Å². The minimum Gasteiger partial charge on any atom is -0.334 e. The minimum absolute atomic E-state index is 0.0277.